The second kappa shape index (κ2) is 9.30. The van der Waals surface area contributed by atoms with E-state index < -0.39 is 23.2 Å². The van der Waals surface area contributed by atoms with Crippen LogP contribution in [0.25, 0.3) is 5.69 Å². The maximum absolute atomic E-state index is 12.8. The van der Waals surface area contributed by atoms with E-state index >= 15 is 0 Å². The summed E-state index contributed by atoms with van der Waals surface area (Å²) >= 11 is 6.05. The lowest BCUT2D eigenvalue weighted by Crippen LogP contribution is -2.33. The molecule has 0 aliphatic carbocycles. The number of aromatic hydroxyl groups is 1. The predicted molar refractivity (Wildman–Crippen MR) is 131 cm³/mol. The fraction of sp³-hybridized carbons (Fsp3) is 0.280. The van der Waals surface area contributed by atoms with Crippen LogP contribution in [-0.4, -0.2) is 31.3 Å². The third-order valence-corrected chi connectivity index (χ3v) is 6.13. The number of H-pyrrole nitrogens is 1. The molecule has 3 aromatic rings. The van der Waals surface area contributed by atoms with Crippen LogP contribution in [-0.2, 0) is 4.79 Å². The number of hydrogen-bond acceptors (Lipinski definition) is 5. The summed E-state index contributed by atoms with van der Waals surface area (Å²) in [6, 6.07) is 13.8. The summed E-state index contributed by atoms with van der Waals surface area (Å²) in [5.74, 6) is -0.414. The highest BCUT2D eigenvalue weighted by Crippen LogP contribution is 2.35. The van der Waals surface area contributed by atoms with Gasteiger partial charge in [-0.05, 0) is 35.2 Å². The van der Waals surface area contributed by atoms with Crippen LogP contribution >= 0.6 is 11.6 Å². The average molecular weight is 481 g/mol. The Morgan fingerprint density at radius 3 is 2.53 bits per heavy atom. The van der Waals surface area contributed by atoms with Gasteiger partial charge in [-0.2, -0.15) is 5.10 Å². The van der Waals surface area contributed by atoms with Crippen LogP contribution < -0.4 is 11.2 Å². The summed E-state index contributed by atoms with van der Waals surface area (Å²) in [7, 11) is 0. The summed E-state index contributed by atoms with van der Waals surface area (Å²) in [6.45, 7) is 5.93. The van der Waals surface area contributed by atoms with Gasteiger partial charge in [0.2, 0.25) is 11.8 Å². The van der Waals surface area contributed by atoms with Gasteiger partial charge in [0.05, 0.1) is 17.4 Å². The molecule has 0 radical (unpaired) electrons. The van der Waals surface area contributed by atoms with Gasteiger partial charge >= 0.3 is 5.69 Å². The second-order valence-corrected chi connectivity index (χ2v) is 8.89. The van der Waals surface area contributed by atoms with Gasteiger partial charge in [0.25, 0.3) is 5.56 Å². The van der Waals surface area contributed by atoms with E-state index in [4.69, 9.17) is 11.6 Å². The number of carbonyl (C=O) groups is 1. The van der Waals surface area contributed by atoms with Crippen LogP contribution in [0.5, 0.6) is 5.88 Å². The van der Waals surface area contributed by atoms with E-state index in [1.807, 2.05) is 24.3 Å². The number of hydrazone groups is 1. The van der Waals surface area contributed by atoms with Gasteiger partial charge in [-0.25, -0.2) is 14.4 Å². The monoisotopic (exact) mass is 480 g/mol. The van der Waals surface area contributed by atoms with Gasteiger partial charge in [0.1, 0.15) is 5.56 Å². The predicted octanol–water partition coefficient (Wildman–Crippen LogP) is 4.10. The molecular weight excluding hydrogens is 456 g/mol. The lowest BCUT2D eigenvalue weighted by Gasteiger charge is -2.22. The normalized spacial score (nSPS) is 15.6. The minimum Gasteiger partial charge on any atom is -0.493 e. The molecule has 1 atom stereocenters. The van der Waals surface area contributed by atoms with Crippen molar-refractivity contribution in [2.45, 2.75) is 45.6 Å². The van der Waals surface area contributed by atoms with Crippen molar-refractivity contribution in [2.24, 2.45) is 5.10 Å². The Balaban J connectivity index is 1.81. The van der Waals surface area contributed by atoms with Crippen molar-refractivity contribution >= 4 is 23.2 Å². The minimum atomic E-state index is -0.811. The molecule has 2 heterocycles. The van der Waals surface area contributed by atoms with Crippen molar-refractivity contribution in [1.82, 2.24) is 14.6 Å². The van der Waals surface area contributed by atoms with E-state index in [-0.39, 0.29) is 35.7 Å². The summed E-state index contributed by atoms with van der Waals surface area (Å²) in [5, 5.41) is 17.1. The molecule has 0 bridgehead atoms. The molecule has 8 nitrogen and oxygen atoms in total. The lowest BCUT2D eigenvalue weighted by atomic mass is 9.95. The number of rotatable bonds is 5. The topological polar surface area (TPSA) is 108 Å². The zero-order valence-corrected chi connectivity index (χ0v) is 19.8. The van der Waals surface area contributed by atoms with Gasteiger partial charge in [-0.1, -0.05) is 62.7 Å². The molecule has 1 aliphatic rings. The highest BCUT2D eigenvalue weighted by molar-refractivity contribution is 6.30. The quantitative estimate of drug-likeness (QED) is 0.573. The molecule has 0 spiro atoms. The maximum Gasteiger partial charge on any atom is 0.335 e. The van der Waals surface area contributed by atoms with Crippen LogP contribution in [0.3, 0.4) is 0 Å². The Hall–Kier alpha value is -3.65. The van der Waals surface area contributed by atoms with Crippen LogP contribution in [0.15, 0.2) is 63.2 Å². The van der Waals surface area contributed by atoms with E-state index in [0.717, 1.165) is 10.1 Å². The molecule has 0 saturated carbocycles. The Morgan fingerprint density at radius 1 is 1.21 bits per heavy atom. The van der Waals surface area contributed by atoms with Crippen molar-refractivity contribution < 1.29 is 9.90 Å². The van der Waals surface area contributed by atoms with Crippen molar-refractivity contribution in [2.75, 3.05) is 0 Å². The molecule has 1 amide bonds. The standard InChI is InChI=1S/C25H25ClN4O4/c1-4-21(31)30-20(16-10-8-15(9-11-16)14(2)3)13-19(28-30)22-23(32)27-25(34)29(24(22)33)18-7-5-6-17(26)12-18/h5-12,14,20,33H,4,13H2,1-3H3,(H,27,32,34). The van der Waals surface area contributed by atoms with Crippen LogP contribution in [0.4, 0.5) is 0 Å². The number of benzene rings is 2. The number of carbonyl (C=O) groups excluding carboxylic acids is 1. The number of amides is 1. The first kappa shape index (κ1) is 23.5. The number of nitrogens with one attached hydrogen (secondary N) is 1. The van der Waals surface area contributed by atoms with Gasteiger partial charge < -0.3 is 5.11 Å². The summed E-state index contributed by atoms with van der Waals surface area (Å²) in [5.41, 5.74) is 0.786. The van der Waals surface area contributed by atoms with Gasteiger partial charge in [0, 0.05) is 17.9 Å². The number of aromatic nitrogens is 2. The van der Waals surface area contributed by atoms with Gasteiger partial charge in [-0.15, -0.1) is 0 Å². The first-order chi connectivity index (χ1) is 16.2. The van der Waals surface area contributed by atoms with Gasteiger partial charge in [-0.3, -0.25) is 14.6 Å². The zero-order chi connectivity index (χ0) is 24.6. The number of nitrogens with zero attached hydrogens (tertiary/aromatic N) is 3. The fourth-order valence-corrected chi connectivity index (χ4v) is 4.24. The highest BCUT2D eigenvalue weighted by atomic mass is 35.5. The first-order valence-corrected chi connectivity index (χ1v) is 11.4. The Bertz CT molecular complexity index is 1390. The second-order valence-electron chi connectivity index (χ2n) is 8.45. The summed E-state index contributed by atoms with van der Waals surface area (Å²) in [6.07, 6.45) is 0.429. The molecule has 2 aromatic carbocycles. The summed E-state index contributed by atoms with van der Waals surface area (Å²) < 4.78 is 0.960. The van der Waals surface area contributed by atoms with Crippen LogP contribution in [0, 0.1) is 0 Å². The molecule has 9 heteroatoms. The van der Waals surface area contributed by atoms with E-state index in [1.165, 1.54) is 16.6 Å². The fourth-order valence-electron chi connectivity index (χ4n) is 4.06. The molecule has 0 fully saturated rings. The van der Waals surface area contributed by atoms with Crippen molar-refractivity contribution in [1.29, 1.82) is 0 Å². The molecule has 0 saturated heterocycles. The SMILES string of the molecule is CCC(=O)N1N=C(c2c(O)n(-c3cccc(Cl)c3)c(=O)[nH]c2=O)CC1c1ccc(C(C)C)cc1. The maximum atomic E-state index is 12.8. The Labute approximate surface area is 201 Å². The third kappa shape index (κ3) is 4.28. The smallest absolute Gasteiger partial charge is 0.335 e. The van der Waals surface area contributed by atoms with Crippen molar-refractivity contribution in [3.63, 3.8) is 0 Å². The van der Waals surface area contributed by atoms with Crippen LogP contribution in [0.1, 0.15) is 62.3 Å². The molecule has 1 aliphatic heterocycles. The Morgan fingerprint density at radius 2 is 1.91 bits per heavy atom. The highest BCUT2D eigenvalue weighted by Gasteiger charge is 2.35. The first-order valence-electron chi connectivity index (χ1n) is 11.0. The molecular formula is C25H25ClN4O4. The van der Waals surface area contributed by atoms with Crippen molar-refractivity contribution in [3.05, 3.63) is 91.1 Å². The third-order valence-electron chi connectivity index (χ3n) is 5.90. The molecule has 34 heavy (non-hydrogen) atoms. The molecule has 176 valence electrons. The summed E-state index contributed by atoms with van der Waals surface area (Å²) in [4.78, 5) is 40.2. The van der Waals surface area contributed by atoms with E-state index in [0.29, 0.717) is 10.9 Å². The Kier molecular flexibility index (Phi) is 6.43. The molecule has 1 aromatic heterocycles. The van der Waals surface area contributed by atoms with E-state index in [1.54, 1.807) is 25.1 Å². The van der Waals surface area contributed by atoms with Gasteiger partial charge in [0.15, 0.2) is 0 Å². The minimum absolute atomic E-state index is 0.158. The number of hydrogen-bond donors (Lipinski definition) is 2. The number of aromatic amines is 1. The zero-order valence-electron chi connectivity index (χ0n) is 19.1. The lowest BCUT2D eigenvalue weighted by molar-refractivity contribution is -0.132. The molecule has 1 unspecified atom stereocenters. The van der Waals surface area contributed by atoms with E-state index in [9.17, 15) is 19.5 Å². The molecule has 4 rings (SSSR count). The van der Waals surface area contributed by atoms with E-state index in [2.05, 4.69) is 23.9 Å². The molecule has 2 N–H and O–H groups in total. The number of halogens is 1. The van der Waals surface area contributed by atoms with Crippen molar-refractivity contribution in [3.8, 4) is 11.6 Å². The van der Waals surface area contributed by atoms with Crippen LogP contribution in [0.2, 0.25) is 5.02 Å². The average Bonchev–Trinajstić information content (AvgIpc) is 3.23. The largest absolute Gasteiger partial charge is 0.493 e.